The van der Waals surface area contributed by atoms with Crippen LogP contribution < -0.4 is 0 Å². The Hall–Kier alpha value is -0.0800. The Morgan fingerprint density at radius 1 is 0.862 bits per heavy atom. The molecule has 0 aromatic rings. The van der Waals surface area contributed by atoms with Crippen molar-refractivity contribution in [1.29, 1.82) is 0 Å². The van der Waals surface area contributed by atoms with E-state index >= 15 is 0 Å². The summed E-state index contributed by atoms with van der Waals surface area (Å²) in [6.07, 6.45) is 13.3. The monoisotopic (exact) mass is 404 g/mol. The molecule has 0 bridgehead atoms. The SMILES string of the molecule is CC(C)CCC[C@@H](C)[C@H]1CC[C@H]2[C@@H]3CC[C@@H]4C[C@@H](O)CC(O)[C@]4(C)[C@H]3CC[C@]12C. The van der Waals surface area contributed by atoms with E-state index in [-0.39, 0.29) is 17.6 Å². The minimum Gasteiger partial charge on any atom is -0.393 e. The standard InChI is InChI=1S/C27H48O2/c1-17(2)7-6-8-18(3)22-11-12-23-21-10-9-19-15-20(28)16-25(29)27(19,5)24(21)13-14-26(22,23)4/h17-25,28-29H,6-16H2,1-5H3/t18-,19-,20-,21+,22-,23+,24+,25?,26-,27+/m1/s1. The second-order valence-corrected chi connectivity index (χ2v) is 12.7. The van der Waals surface area contributed by atoms with E-state index < -0.39 is 0 Å². The van der Waals surface area contributed by atoms with Crippen molar-refractivity contribution in [2.24, 2.45) is 52.3 Å². The fraction of sp³-hybridized carbons (Fsp3) is 1.00. The van der Waals surface area contributed by atoms with Gasteiger partial charge >= 0.3 is 0 Å². The molecule has 29 heavy (non-hydrogen) atoms. The summed E-state index contributed by atoms with van der Waals surface area (Å²) in [4.78, 5) is 0. The Bertz CT molecular complexity index is 573. The lowest BCUT2D eigenvalue weighted by Crippen LogP contribution is -2.59. The third-order valence-corrected chi connectivity index (χ3v) is 10.9. The van der Waals surface area contributed by atoms with Gasteiger partial charge in [-0.05, 0) is 104 Å². The highest BCUT2D eigenvalue weighted by Gasteiger charge is 2.62. The lowest BCUT2D eigenvalue weighted by atomic mass is 9.43. The van der Waals surface area contributed by atoms with Crippen LogP contribution in [0, 0.1) is 52.3 Å². The zero-order valence-electron chi connectivity index (χ0n) is 19.9. The maximum Gasteiger partial charge on any atom is 0.0623 e. The van der Waals surface area contributed by atoms with Gasteiger partial charge in [-0.2, -0.15) is 0 Å². The molecular formula is C27H48O2. The Morgan fingerprint density at radius 3 is 2.34 bits per heavy atom. The van der Waals surface area contributed by atoms with Gasteiger partial charge in [0.15, 0.2) is 0 Å². The molecule has 168 valence electrons. The van der Waals surface area contributed by atoms with E-state index in [4.69, 9.17) is 0 Å². The fourth-order valence-corrected chi connectivity index (χ4v) is 9.32. The Kier molecular flexibility index (Phi) is 6.19. The number of hydrogen-bond acceptors (Lipinski definition) is 2. The highest BCUT2D eigenvalue weighted by Crippen LogP contribution is 2.68. The topological polar surface area (TPSA) is 40.5 Å². The first kappa shape index (κ1) is 22.1. The van der Waals surface area contributed by atoms with Crippen LogP contribution in [0.2, 0.25) is 0 Å². The highest BCUT2D eigenvalue weighted by atomic mass is 16.3. The first-order chi connectivity index (χ1) is 13.7. The smallest absolute Gasteiger partial charge is 0.0623 e. The molecule has 0 aromatic carbocycles. The molecule has 10 atom stereocenters. The number of rotatable bonds is 5. The van der Waals surface area contributed by atoms with Gasteiger partial charge in [0, 0.05) is 0 Å². The molecule has 0 saturated heterocycles. The third kappa shape index (κ3) is 3.63. The maximum absolute atomic E-state index is 11.1. The molecule has 0 aromatic heterocycles. The van der Waals surface area contributed by atoms with Gasteiger partial charge in [-0.3, -0.25) is 0 Å². The van der Waals surface area contributed by atoms with Gasteiger partial charge in [0.05, 0.1) is 12.2 Å². The van der Waals surface area contributed by atoms with E-state index in [1.165, 1.54) is 57.8 Å². The Labute approximate surface area is 180 Å². The normalized spacial score (nSPS) is 50.7. The summed E-state index contributed by atoms with van der Waals surface area (Å²) >= 11 is 0. The van der Waals surface area contributed by atoms with Crippen LogP contribution in [0.4, 0.5) is 0 Å². The number of aliphatic hydroxyl groups excluding tert-OH is 2. The number of hydrogen-bond donors (Lipinski definition) is 2. The minimum atomic E-state index is -0.305. The molecule has 2 heteroatoms. The largest absolute Gasteiger partial charge is 0.393 e. The summed E-state index contributed by atoms with van der Waals surface area (Å²) in [5, 5.41) is 21.4. The Balaban J connectivity index is 1.49. The molecule has 1 unspecified atom stereocenters. The summed E-state index contributed by atoms with van der Waals surface area (Å²) in [5.74, 6) is 5.49. The van der Waals surface area contributed by atoms with Crippen molar-refractivity contribution >= 4 is 0 Å². The molecule has 4 saturated carbocycles. The van der Waals surface area contributed by atoms with E-state index in [2.05, 4.69) is 34.6 Å². The molecule has 0 radical (unpaired) electrons. The predicted octanol–water partition coefficient (Wildman–Crippen LogP) is 6.44. The molecule has 2 N–H and O–H groups in total. The van der Waals surface area contributed by atoms with E-state index in [9.17, 15) is 10.2 Å². The van der Waals surface area contributed by atoms with Crippen LogP contribution in [-0.2, 0) is 0 Å². The van der Waals surface area contributed by atoms with Gasteiger partial charge in [0.25, 0.3) is 0 Å². The van der Waals surface area contributed by atoms with Crippen molar-refractivity contribution in [3.63, 3.8) is 0 Å². The average Bonchev–Trinajstić information content (AvgIpc) is 3.00. The van der Waals surface area contributed by atoms with Crippen molar-refractivity contribution in [2.45, 2.75) is 117 Å². The van der Waals surface area contributed by atoms with Gasteiger partial charge in [0.2, 0.25) is 0 Å². The molecule has 4 aliphatic carbocycles. The van der Waals surface area contributed by atoms with Gasteiger partial charge in [-0.15, -0.1) is 0 Å². The number of fused-ring (bicyclic) bond motifs is 5. The lowest BCUT2D eigenvalue weighted by Gasteiger charge is -2.62. The van der Waals surface area contributed by atoms with E-state index in [0.717, 1.165) is 36.0 Å². The highest BCUT2D eigenvalue weighted by molar-refractivity contribution is 5.11. The summed E-state index contributed by atoms with van der Waals surface area (Å²) in [6.45, 7) is 12.3. The molecule has 0 spiro atoms. The zero-order chi connectivity index (χ0) is 21.0. The molecule has 2 nitrogen and oxygen atoms in total. The molecular weight excluding hydrogens is 356 g/mol. The van der Waals surface area contributed by atoms with Crippen LogP contribution in [0.1, 0.15) is 105 Å². The van der Waals surface area contributed by atoms with Crippen LogP contribution in [0.15, 0.2) is 0 Å². The van der Waals surface area contributed by atoms with Crippen LogP contribution in [0.25, 0.3) is 0 Å². The fourth-order valence-electron chi connectivity index (χ4n) is 9.32. The average molecular weight is 405 g/mol. The van der Waals surface area contributed by atoms with Gasteiger partial charge in [0.1, 0.15) is 0 Å². The van der Waals surface area contributed by atoms with Crippen molar-refractivity contribution in [2.75, 3.05) is 0 Å². The molecule has 4 rings (SSSR count). The summed E-state index contributed by atoms with van der Waals surface area (Å²) < 4.78 is 0. The second-order valence-electron chi connectivity index (χ2n) is 12.7. The first-order valence-electron chi connectivity index (χ1n) is 13.0. The van der Waals surface area contributed by atoms with Gasteiger partial charge in [-0.1, -0.05) is 53.9 Å². The van der Waals surface area contributed by atoms with Crippen molar-refractivity contribution in [1.82, 2.24) is 0 Å². The summed E-state index contributed by atoms with van der Waals surface area (Å²) in [6, 6.07) is 0. The minimum absolute atomic E-state index is 0.0461. The molecule has 4 aliphatic rings. The Morgan fingerprint density at radius 2 is 1.62 bits per heavy atom. The molecule has 4 fully saturated rings. The summed E-state index contributed by atoms with van der Waals surface area (Å²) in [5.41, 5.74) is 0.575. The summed E-state index contributed by atoms with van der Waals surface area (Å²) in [7, 11) is 0. The van der Waals surface area contributed by atoms with Crippen molar-refractivity contribution in [3.8, 4) is 0 Å². The molecule has 0 amide bonds. The van der Waals surface area contributed by atoms with E-state index in [1.54, 1.807) is 0 Å². The number of aliphatic hydroxyl groups is 2. The molecule has 0 heterocycles. The second kappa shape index (κ2) is 8.12. The molecule has 0 aliphatic heterocycles. The third-order valence-electron chi connectivity index (χ3n) is 10.9. The lowest BCUT2D eigenvalue weighted by molar-refractivity contribution is -0.182. The zero-order valence-corrected chi connectivity index (χ0v) is 19.9. The van der Waals surface area contributed by atoms with Crippen LogP contribution in [0.5, 0.6) is 0 Å². The maximum atomic E-state index is 11.1. The van der Waals surface area contributed by atoms with E-state index in [1.807, 2.05) is 0 Å². The van der Waals surface area contributed by atoms with Gasteiger partial charge < -0.3 is 10.2 Å². The quantitative estimate of drug-likeness (QED) is 0.553. The van der Waals surface area contributed by atoms with Crippen LogP contribution in [0.3, 0.4) is 0 Å². The van der Waals surface area contributed by atoms with Crippen molar-refractivity contribution < 1.29 is 10.2 Å². The van der Waals surface area contributed by atoms with Crippen LogP contribution >= 0.6 is 0 Å². The van der Waals surface area contributed by atoms with Gasteiger partial charge in [-0.25, -0.2) is 0 Å². The van der Waals surface area contributed by atoms with Crippen LogP contribution in [-0.4, -0.2) is 22.4 Å². The van der Waals surface area contributed by atoms with Crippen molar-refractivity contribution in [3.05, 3.63) is 0 Å². The van der Waals surface area contributed by atoms with E-state index in [0.29, 0.717) is 23.7 Å². The first-order valence-corrected chi connectivity index (χ1v) is 13.0. The predicted molar refractivity (Wildman–Crippen MR) is 120 cm³/mol.